The molecule has 0 fully saturated rings. The first-order chi connectivity index (χ1) is 31.3. The molecular formula is C57H40N6. The number of nitrogens with zero attached hydrogens (tertiary/aromatic N) is 4. The van der Waals surface area contributed by atoms with Gasteiger partial charge in [-0.3, -0.25) is 9.88 Å². The molecular weight excluding hydrogens is 769 g/mol. The van der Waals surface area contributed by atoms with Crippen LogP contribution in [0.25, 0.3) is 87.9 Å². The van der Waals surface area contributed by atoms with Crippen molar-refractivity contribution in [1.82, 2.24) is 24.3 Å². The number of para-hydroxylation sites is 4. The molecule has 0 spiro atoms. The van der Waals surface area contributed by atoms with Gasteiger partial charge in [-0.05, 0) is 59.2 Å². The predicted molar refractivity (Wildman–Crippen MR) is 261 cm³/mol. The Morgan fingerprint density at radius 2 is 0.889 bits per heavy atom. The summed E-state index contributed by atoms with van der Waals surface area (Å²) in [6.45, 7) is 0. The van der Waals surface area contributed by atoms with Crippen LogP contribution in [0, 0.1) is 0 Å². The molecule has 0 aliphatic carbocycles. The van der Waals surface area contributed by atoms with Crippen LogP contribution < -0.4 is 10.6 Å². The molecule has 0 radical (unpaired) electrons. The number of nitrogens with one attached hydrogen (secondary N) is 2. The Kier molecular flexibility index (Phi) is 8.01. The third-order valence-electron chi connectivity index (χ3n) is 12.9. The maximum absolute atomic E-state index is 5.55. The molecule has 6 heteroatoms. The largest absolute Gasteiger partial charge is 0.336 e. The van der Waals surface area contributed by atoms with Crippen molar-refractivity contribution in [3.05, 3.63) is 230 Å². The second-order valence-electron chi connectivity index (χ2n) is 16.4. The molecule has 6 nitrogen and oxygen atoms in total. The van der Waals surface area contributed by atoms with Gasteiger partial charge in [-0.15, -0.1) is 0 Å². The van der Waals surface area contributed by atoms with Crippen LogP contribution >= 0.6 is 0 Å². The summed E-state index contributed by atoms with van der Waals surface area (Å²) < 4.78 is 7.33. The number of fused-ring (bicyclic) bond motifs is 10. The van der Waals surface area contributed by atoms with Gasteiger partial charge in [0.05, 0.1) is 38.8 Å². The second-order valence-corrected chi connectivity index (χ2v) is 16.4. The highest BCUT2D eigenvalue weighted by molar-refractivity contribution is 6.27. The van der Waals surface area contributed by atoms with Crippen LogP contribution in [0.1, 0.15) is 23.5 Å². The second kappa shape index (κ2) is 14.2. The smallest absolute Gasteiger partial charge is 0.206 e. The molecule has 4 heterocycles. The number of rotatable bonds is 5. The molecule has 2 N–H and O–H groups in total. The van der Waals surface area contributed by atoms with Gasteiger partial charge in [0.1, 0.15) is 12.3 Å². The van der Waals surface area contributed by atoms with Crippen LogP contribution in [0.2, 0.25) is 0 Å². The molecule has 13 rings (SSSR count). The zero-order chi connectivity index (χ0) is 41.4. The Labute approximate surface area is 363 Å². The van der Waals surface area contributed by atoms with Crippen molar-refractivity contribution in [3.8, 4) is 22.5 Å². The first-order valence-corrected chi connectivity index (χ1v) is 21.6. The van der Waals surface area contributed by atoms with Gasteiger partial charge >= 0.3 is 0 Å². The van der Waals surface area contributed by atoms with E-state index in [9.17, 15) is 0 Å². The minimum Gasteiger partial charge on any atom is -0.336 e. The molecule has 0 amide bonds. The zero-order valence-electron chi connectivity index (χ0n) is 34.2. The van der Waals surface area contributed by atoms with Crippen LogP contribution in [0.4, 0.5) is 0 Å². The summed E-state index contributed by atoms with van der Waals surface area (Å²) in [5, 5.41) is 14.9. The van der Waals surface area contributed by atoms with Crippen LogP contribution in [0.5, 0.6) is 0 Å². The lowest BCUT2D eigenvalue weighted by Gasteiger charge is -2.32. The summed E-state index contributed by atoms with van der Waals surface area (Å²) in [4.78, 5) is 5.55. The Bertz CT molecular complexity index is 3730. The summed E-state index contributed by atoms with van der Waals surface area (Å²) in [6.07, 6.45) is -0.484. The van der Waals surface area contributed by atoms with Crippen molar-refractivity contribution in [2.45, 2.75) is 12.3 Å². The van der Waals surface area contributed by atoms with E-state index in [1.807, 2.05) is 0 Å². The van der Waals surface area contributed by atoms with Crippen molar-refractivity contribution in [2.24, 2.45) is 4.99 Å². The third-order valence-corrected chi connectivity index (χ3v) is 12.9. The van der Waals surface area contributed by atoms with Gasteiger partial charge in [0.2, 0.25) is 5.96 Å². The highest BCUT2D eigenvalue weighted by Gasteiger charge is 2.30. The lowest BCUT2D eigenvalue weighted by molar-refractivity contribution is 0.403. The summed E-state index contributed by atoms with van der Waals surface area (Å²) in [5.41, 5.74) is 13.6. The maximum Gasteiger partial charge on any atom is 0.206 e. The minimum absolute atomic E-state index is 0.195. The van der Waals surface area contributed by atoms with E-state index in [1.165, 1.54) is 43.4 Å². The van der Waals surface area contributed by atoms with E-state index < -0.39 is 0 Å². The number of aromatic nitrogens is 3. The summed E-state index contributed by atoms with van der Waals surface area (Å²) in [6, 6.07) is 78.6. The highest BCUT2D eigenvalue weighted by Crippen LogP contribution is 2.46. The van der Waals surface area contributed by atoms with Crippen LogP contribution in [-0.4, -0.2) is 19.7 Å². The molecule has 63 heavy (non-hydrogen) atoms. The normalized spacial score (nSPS) is 15.5. The van der Waals surface area contributed by atoms with Gasteiger partial charge in [0.15, 0.2) is 0 Å². The minimum atomic E-state index is -0.289. The molecule has 3 aromatic heterocycles. The third kappa shape index (κ3) is 5.45. The fourth-order valence-electron chi connectivity index (χ4n) is 10.2. The Hall–Kier alpha value is -8.19. The van der Waals surface area contributed by atoms with Crippen molar-refractivity contribution >= 4 is 71.4 Å². The van der Waals surface area contributed by atoms with E-state index in [0.717, 1.165) is 61.6 Å². The average molecular weight is 809 g/mol. The Balaban J connectivity index is 1.18. The maximum atomic E-state index is 5.55. The Morgan fingerprint density at radius 1 is 0.381 bits per heavy atom. The van der Waals surface area contributed by atoms with Crippen molar-refractivity contribution in [2.75, 3.05) is 0 Å². The zero-order valence-corrected chi connectivity index (χ0v) is 34.2. The first-order valence-electron chi connectivity index (χ1n) is 21.6. The van der Waals surface area contributed by atoms with Crippen molar-refractivity contribution < 1.29 is 0 Å². The molecule has 298 valence electrons. The SMILES string of the molecule is c1ccc(-c2c(-n3c4ccccc4c4ccc5c6ccccc6n(C6=NC(c7ccccc7)NC(c7ccccc7)N6)c5c43)ccc3c2c2ccccc2n3-c2ccccc2)cc1. The molecule has 0 saturated heterocycles. The molecule has 2 unspecified atom stereocenters. The standard InChI is InChI=1S/C57H40N6/c1-5-19-37(20-6-1)51-49(35-36-50-52(51)45-29-15-18-32-48(45)61(50)40-25-11-4-12-26-40)62-46-30-16-13-27-41(46)43-33-34-44-42-28-14-17-31-47(42)63(54(44)53(43)62)57-59-55(38-21-7-2-8-22-38)58-56(60-57)39-23-9-3-10-24-39/h1-36,55-56,58H,(H,59,60). The van der Waals surface area contributed by atoms with E-state index in [2.05, 4.69) is 243 Å². The number of aliphatic imine (C=N–C) groups is 1. The fourth-order valence-corrected chi connectivity index (χ4v) is 10.2. The summed E-state index contributed by atoms with van der Waals surface area (Å²) in [5.74, 6) is 0.789. The molecule has 0 bridgehead atoms. The molecule has 1 aliphatic heterocycles. The molecule has 0 saturated carbocycles. The lowest BCUT2D eigenvalue weighted by atomic mass is 9.97. The predicted octanol–water partition coefficient (Wildman–Crippen LogP) is 13.5. The van der Waals surface area contributed by atoms with Crippen LogP contribution in [0.15, 0.2) is 223 Å². The van der Waals surface area contributed by atoms with Crippen LogP contribution in [0.3, 0.4) is 0 Å². The molecule has 9 aromatic carbocycles. The van der Waals surface area contributed by atoms with Crippen molar-refractivity contribution in [3.63, 3.8) is 0 Å². The summed E-state index contributed by atoms with van der Waals surface area (Å²) >= 11 is 0. The van der Waals surface area contributed by atoms with E-state index in [4.69, 9.17) is 4.99 Å². The van der Waals surface area contributed by atoms with E-state index in [1.54, 1.807) is 0 Å². The van der Waals surface area contributed by atoms with Gasteiger partial charge < -0.3 is 14.5 Å². The number of hydrogen-bond donors (Lipinski definition) is 2. The topological polar surface area (TPSA) is 51.2 Å². The lowest BCUT2D eigenvalue weighted by Crippen LogP contribution is -2.47. The number of benzene rings is 9. The van der Waals surface area contributed by atoms with Gasteiger partial charge in [-0.25, -0.2) is 4.99 Å². The van der Waals surface area contributed by atoms with Gasteiger partial charge in [0, 0.05) is 43.6 Å². The van der Waals surface area contributed by atoms with Crippen molar-refractivity contribution in [1.29, 1.82) is 0 Å². The monoisotopic (exact) mass is 808 g/mol. The average Bonchev–Trinajstić information content (AvgIpc) is 4.00. The number of hydrogen-bond acceptors (Lipinski definition) is 3. The quantitative estimate of drug-likeness (QED) is 0.182. The molecule has 12 aromatic rings. The van der Waals surface area contributed by atoms with E-state index in [-0.39, 0.29) is 12.3 Å². The van der Waals surface area contributed by atoms with Gasteiger partial charge in [0.25, 0.3) is 0 Å². The van der Waals surface area contributed by atoms with Crippen LogP contribution in [-0.2, 0) is 0 Å². The summed E-state index contributed by atoms with van der Waals surface area (Å²) in [7, 11) is 0. The molecule has 2 atom stereocenters. The Morgan fingerprint density at radius 3 is 1.54 bits per heavy atom. The van der Waals surface area contributed by atoms with E-state index >= 15 is 0 Å². The highest BCUT2D eigenvalue weighted by atomic mass is 15.4. The first kappa shape index (κ1) is 35.6. The van der Waals surface area contributed by atoms with E-state index in [0.29, 0.717) is 0 Å². The molecule has 1 aliphatic rings. The van der Waals surface area contributed by atoms with Gasteiger partial charge in [-0.1, -0.05) is 176 Å². The fraction of sp³-hybridized carbons (Fsp3) is 0.0351. The van der Waals surface area contributed by atoms with Gasteiger partial charge in [-0.2, -0.15) is 0 Å².